The summed E-state index contributed by atoms with van der Waals surface area (Å²) in [5.41, 5.74) is 1.57. The Morgan fingerprint density at radius 1 is 1.23 bits per heavy atom. The number of anilines is 1. The molecule has 3 rings (SSSR count). The van der Waals surface area contributed by atoms with Crippen LogP contribution in [0.15, 0.2) is 40.9 Å². The number of hydrogen-bond acceptors (Lipinski definition) is 7. The third-order valence-corrected chi connectivity index (χ3v) is 6.14. The molecular formula is C20H23N5O3S2. The van der Waals surface area contributed by atoms with Crippen LogP contribution in [0.2, 0.25) is 0 Å². The van der Waals surface area contributed by atoms with E-state index < -0.39 is 0 Å². The molecule has 8 nitrogen and oxygen atoms in total. The second-order valence-electron chi connectivity index (χ2n) is 6.53. The number of benzene rings is 1. The van der Waals surface area contributed by atoms with E-state index in [9.17, 15) is 9.59 Å². The predicted octanol–water partition coefficient (Wildman–Crippen LogP) is 2.63. The highest BCUT2D eigenvalue weighted by Crippen LogP contribution is 2.25. The Hall–Kier alpha value is -2.85. The molecule has 2 aromatic heterocycles. The zero-order chi connectivity index (χ0) is 21.5. The van der Waals surface area contributed by atoms with Crippen LogP contribution >= 0.6 is 23.1 Å². The smallest absolute Gasteiger partial charge is 0.243 e. The van der Waals surface area contributed by atoms with E-state index in [4.69, 9.17) is 4.74 Å². The lowest BCUT2D eigenvalue weighted by Crippen LogP contribution is -2.34. The van der Waals surface area contributed by atoms with Crippen LogP contribution in [0, 0.1) is 6.92 Å². The lowest BCUT2D eigenvalue weighted by Gasteiger charge is -2.11. The van der Waals surface area contributed by atoms with Gasteiger partial charge in [0.15, 0.2) is 5.16 Å². The average molecular weight is 446 g/mol. The Morgan fingerprint density at radius 2 is 2.07 bits per heavy atom. The first kappa shape index (κ1) is 21.8. The summed E-state index contributed by atoms with van der Waals surface area (Å²) >= 11 is 2.95. The van der Waals surface area contributed by atoms with Crippen LogP contribution in [0.3, 0.4) is 0 Å². The number of nitrogens with zero attached hydrogens (tertiary/aromatic N) is 3. The van der Waals surface area contributed by atoms with Gasteiger partial charge in [-0.25, -0.2) is 0 Å². The van der Waals surface area contributed by atoms with E-state index in [1.165, 1.54) is 23.7 Å². The number of rotatable bonds is 9. The van der Waals surface area contributed by atoms with Crippen LogP contribution in [0.5, 0.6) is 5.75 Å². The highest BCUT2D eigenvalue weighted by molar-refractivity contribution is 7.99. The van der Waals surface area contributed by atoms with Crippen LogP contribution in [0.1, 0.15) is 16.3 Å². The number of thiophene rings is 1. The second kappa shape index (κ2) is 10.3. The quantitative estimate of drug-likeness (QED) is 0.492. The first-order valence-electron chi connectivity index (χ1n) is 9.21. The second-order valence-corrected chi connectivity index (χ2v) is 8.51. The zero-order valence-electron chi connectivity index (χ0n) is 17.0. The first-order chi connectivity index (χ1) is 14.5. The fourth-order valence-electron chi connectivity index (χ4n) is 2.67. The van der Waals surface area contributed by atoms with Gasteiger partial charge in [0, 0.05) is 18.3 Å². The maximum atomic E-state index is 12.2. The average Bonchev–Trinajstić information content (AvgIpc) is 3.36. The lowest BCUT2D eigenvalue weighted by molar-refractivity contribution is -0.122. The molecule has 0 radical (unpaired) electrons. The summed E-state index contributed by atoms with van der Waals surface area (Å²) in [5.74, 6) is 0.970. The SMILES string of the molecule is COc1ccc(C)cc1NC(=O)CNC(=O)CSc1nnc(Cc2cccs2)n1C. The minimum atomic E-state index is -0.325. The number of carbonyl (C=O) groups is 2. The van der Waals surface area contributed by atoms with Crippen molar-refractivity contribution in [3.63, 3.8) is 0 Å². The molecule has 1 aromatic carbocycles. The molecule has 0 unspecified atom stereocenters. The number of amides is 2. The van der Waals surface area contributed by atoms with Crippen molar-refractivity contribution in [3.8, 4) is 5.75 Å². The van der Waals surface area contributed by atoms with Crippen molar-refractivity contribution < 1.29 is 14.3 Å². The van der Waals surface area contributed by atoms with Crippen LogP contribution in [0.4, 0.5) is 5.69 Å². The third kappa shape index (κ3) is 5.83. The molecule has 0 bridgehead atoms. The summed E-state index contributed by atoms with van der Waals surface area (Å²) in [5, 5.41) is 16.4. The number of aryl methyl sites for hydroxylation is 1. The molecule has 0 saturated heterocycles. The molecule has 0 fully saturated rings. The predicted molar refractivity (Wildman–Crippen MR) is 118 cm³/mol. The molecule has 0 saturated carbocycles. The molecule has 30 heavy (non-hydrogen) atoms. The normalized spacial score (nSPS) is 10.6. The number of nitrogens with one attached hydrogen (secondary N) is 2. The van der Waals surface area contributed by atoms with E-state index >= 15 is 0 Å². The Morgan fingerprint density at radius 3 is 2.80 bits per heavy atom. The van der Waals surface area contributed by atoms with Crippen molar-refractivity contribution >= 4 is 40.6 Å². The van der Waals surface area contributed by atoms with E-state index in [-0.39, 0.29) is 24.1 Å². The largest absolute Gasteiger partial charge is 0.495 e. The van der Waals surface area contributed by atoms with Gasteiger partial charge < -0.3 is 19.9 Å². The summed E-state index contributed by atoms with van der Waals surface area (Å²) in [4.78, 5) is 25.5. The molecular weight excluding hydrogens is 422 g/mol. The summed E-state index contributed by atoms with van der Waals surface area (Å²) in [6.07, 6.45) is 0.705. The minimum absolute atomic E-state index is 0.126. The van der Waals surface area contributed by atoms with Crippen molar-refractivity contribution in [2.45, 2.75) is 18.5 Å². The maximum absolute atomic E-state index is 12.2. The van der Waals surface area contributed by atoms with E-state index in [2.05, 4.69) is 26.9 Å². The molecule has 0 spiro atoms. The van der Waals surface area contributed by atoms with Gasteiger partial charge in [0.05, 0.1) is 25.1 Å². The van der Waals surface area contributed by atoms with Crippen molar-refractivity contribution in [1.29, 1.82) is 0 Å². The van der Waals surface area contributed by atoms with Gasteiger partial charge in [-0.2, -0.15) is 0 Å². The number of hydrogen-bond donors (Lipinski definition) is 2. The number of carbonyl (C=O) groups excluding carboxylic acids is 2. The third-order valence-electron chi connectivity index (χ3n) is 4.25. The number of thioether (sulfide) groups is 1. The highest BCUT2D eigenvalue weighted by Gasteiger charge is 2.13. The Balaban J connectivity index is 1.46. The minimum Gasteiger partial charge on any atom is -0.495 e. The fraction of sp³-hybridized carbons (Fsp3) is 0.300. The van der Waals surface area contributed by atoms with Crippen molar-refractivity contribution in [2.24, 2.45) is 7.05 Å². The molecule has 2 heterocycles. The molecule has 2 N–H and O–H groups in total. The molecule has 0 atom stereocenters. The van der Waals surface area contributed by atoms with E-state index in [1.807, 2.05) is 42.1 Å². The molecule has 2 amide bonds. The van der Waals surface area contributed by atoms with Gasteiger partial charge in [0.2, 0.25) is 11.8 Å². The van der Waals surface area contributed by atoms with E-state index in [0.29, 0.717) is 23.0 Å². The lowest BCUT2D eigenvalue weighted by atomic mass is 10.2. The van der Waals surface area contributed by atoms with Crippen molar-refractivity contribution in [1.82, 2.24) is 20.1 Å². The number of ether oxygens (including phenoxy) is 1. The topological polar surface area (TPSA) is 98.1 Å². The van der Waals surface area contributed by atoms with Crippen molar-refractivity contribution in [3.05, 3.63) is 52.0 Å². The van der Waals surface area contributed by atoms with Crippen LogP contribution in [-0.2, 0) is 23.1 Å². The van der Waals surface area contributed by atoms with Crippen LogP contribution in [0.25, 0.3) is 0 Å². The highest BCUT2D eigenvalue weighted by atomic mass is 32.2. The standard InChI is InChI=1S/C20H23N5O3S2/c1-13-6-7-16(28-3)15(9-13)22-18(26)11-21-19(27)12-30-20-24-23-17(25(20)2)10-14-5-4-8-29-14/h4-9H,10-12H2,1-3H3,(H,21,27)(H,22,26). The summed E-state index contributed by atoms with van der Waals surface area (Å²) < 4.78 is 7.12. The summed E-state index contributed by atoms with van der Waals surface area (Å²) in [6.45, 7) is 1.80. The fourth-order valence-corrected chi connectivity index (χ4v) is 4.13. The van der Waals surface area contributed by atoms with Gasteiger partial charge in [-0.15, -0.1) is 21.5 Å². The molecule has 3 aromatic rings. The Bertz CT molecular complexity index is 1020. The van der Waals surface area contributed by atoms with Gasteiger partial charge >= 0.3 is 0 Å². The zero-order valence-corrected chi connectivity index (χ0v) is 18.6. The molecule has 0 aliphatic heterocycles. The van der Waals surface area contributed by atoms with Gasteiger partial charge in [-0.3, -0.25) is 9.59 Å². The molecule has 158 valence electrons. The van der Waals surface area contributed by atoms with Crippen molar-refractivity contribution in [2.75, 3.05) is 24.7 Å². The van der Waals surface area contributed by atoms with Gasteiger partial charge in [0.1, 0.15) is 11.6 Å². The van der Waals surface area contributed by atoms with Crippen LogP contribution in [-0.4, -0.2) is 46.0 Å². The molecule has 10 heteroatoms. The summed E-state index contributed by atoms with van der Waals surface area (Å²) in [7, 11) is 3.42. The Kier molecular flexibility index (Phi) is 7.47. The van der Waals surface area contributed by atoms with Gasteiger partial charge in [0.25, 0.3) is 0 Å². The number of aromatic nitrogens is 3. The van der Waals surface area contributed by atoms with E-state index in [1.54, 1.807) is 17.4 Å². The number of methoxy groups -OCH3 is 1. The first-order valence-corrected chi connectivity index (χ1v) is 11.1. The summed E-state index contributed by atoms with van der Waals surface area (Å²) in [6, 6.07) is 9.55. The van der Waals surface area contributed by atoms with Crippen LogP contribution < -0.4 is 15.4 Å². The van der Waals surface area contributed by atoms with Gasteiger partial charge in [-0.05, 0) is 36.1 Å². The van der Waals surface area contributed by atoms with Gasteiger partial charge in [-0.1, -0.05) is 23.9 Å². The van der Waals surface area contributed by atoms with E-state index in [0.717, 1.165) is 11.4 Å². The monoisotopic (exact) mass is 445 g/mol. The Labute approximate surface area is 183 Å². The molecule has 0 aliphatic rings. The molecule has 0 aliphatic carbocycles. The maximum Gasteiger partial charge on any atom is 0.243 e.